The summed E-state index contributed by atoms with van der Waals surface area (Å²) >= 11 is 0. The van der Waals surface area contributed by atoms with Crippen LogP contribution in [0.4, 0.5) is 0 Å². The van der Waals surface area contributed by atoms with Gasteiger partial charge in [-0.1, -0.05) is 0 Å². The summed E-state index contributed by atoms with van der Waals surface area (Å²) < 4.78 is 27.0. The highest BCUT2D eigenvalue weighted by atomic mass is 32.2. The molecule has 2 N–H and O–H groups in total. The number of carbonyl (C=O) groups excluding carboxylic acids is 1. The average Bonchev–Trinajstić information content (AvgIpc) is 2.26. The van der Waals surface area contributed by atoms with E-state index in [9.17, 15) is 18.3 Å². The van der Waals surface area contributed by atoms with Crippen LogP contribution in [-0.4, -0.2) is 44.6 Å². The van der Waals surface area contributed by atoms with Crippen molar-refractivity contribution in [2.45, 2.75) is 13.0 Å². The Kier molecular flexibility index (Phi) is 4.77. The first-order chi connectivity index (χ1) is 8.73. The van der Waals surface area contributed by atoms with Gasteiger partial charge in [-0.15, -0.1) is 0 Å². The van der Waals surface area contributed by atoms with Gasteiger partial charge in [-0.05, 0) is 25.1 Å². The smallest absolute Gasteiger partial charge is 0.251 e. The Morgan fingerprint density at radius 2 is 2.11 bits per heavy atom. The molecule has 0 aliphatic carbocycles. The number of benzene rings is 1. The number of rotatable bonds is 5. The second-order valence-electron chi connectivity index (χ2n) is 4.35. The molecular weight excluding hydrogens is 270 g/mol. The molecule has 1 amide bonds. The van der Waals surface area contributed by atoms with E-state index in [2.05, 4.69) is 5.32 Å². The molecule has 0 spiro atoms. The third-order valence-corrected chi connectivity index (χ3v) is 3.48. The van der Waals surface area contributed by atoms with Gasteiger partial charge in [0.25, 0.3) is 5.91 Å². The number of carbonyl (C=O) groups is 1. The van der Waals surface area contributed by atoms with Crippen LogP contribution in [0.25, 0.3) is 0 Å². The summed E-state index contributed by atoms with van der Waals surface area (Å²) in [6.07, 6.45) is 1.11. The molecular formula is C12H17NO5S. The highest BCUT2D eigenvalue weighted by Gasteiger charge is 2.15. The summed E-state index contributed by atoms with van der Waals surface area (Å²) in [5, 5.41) is 12.1. The maximum absolute atomic E-state index is 11.8. The van der Waals surface area contributed by atoms with Crippen LogP contribution in [0, 0.1) is 0 Å². The van der Waals surface area contributed by atoms with Crippen LogP contribution in [0.1, 0.15) is 17.3 Å². The number of aromatic hydroxyl groups is 1. The van der Waals surface area contributed by atoms with Gasteiger partial charge < -0.3 is 15.2 Å². The minimum Gasteiger partial charge on any atom is -0.504 e. The minimum atomic E-state index is -3.15. The second-order valence-corrected chi connectivity index (χ2v) is 6.54. The van der Waals surface area contributed by atoms with Gasteiger partial charge >= 0.3 is 0 Å². The highest BCUT2D eigenvalue weighted by molar-refractivity contribution is 7.90. The van der Waals surface area contributed by atoms with E-state index in [-0.39, 0.29) is 22.8 Å². The molecule has 0 radical (unpaired) electrons. The number of methoxy groups -OCH3 is 1. The van der Waals surface area contributed by atoms with Crippen molar-refractivity contribution in [1.82, 2.24) is 5.32 Å². The van der Waals surface area contributed by atoms with Crippen LogP contribution < -0.4 is 10.1 Å². The van der Waals surface area contributed by atoms with E-state index in [0.717, 1.165) is 6.26 Å². The van der Waals surface area contributed by atoms with E-state index in [1.54, 1.807) is 6.92 Å². The quantitative estimate of drug-likeness (QED) is 0.825. The van der Waals surface area contributed by atoms with E-state index < -0.39 is 21.8 Å². The monoisotopic (exact) mass is 287 g/mol. The molecule has 1 aromatic carbocycles. The van der Waals surface area contributed by atoms with Crippen LogP contribution in [0.2, 0.25) is 0 Å². The number of phenols is 1. The average molecular weight is 287 g/mol. The summed E-state index contributed by atoms with van der Waals surface area (Å²) in [7, 11) is -1.75. The van der Waals surface area contributed by atoms with Crippen molar-refractivity contribution in [3.8, 4) is 11.5 Å². The topological polar surface area (TPSA) is 92.7 Å². The summed E-state index contributed by atoms with van der Waals surface area (Å²) in [6.45, 7) is 1.60. The molecule has 7 heteroatoms. The van der Waals surface area contributed by atoms with Crippen LogP contribution in [-0.2, 0) is 9.84 Å². The largest absolute Gasteiger partial charge is 0.504 e. The molecule has 0 bridgehead atoms. The van der Waals surface area contributed by atoms with Crippen molar-refractivity contribution in [1.29, 1.82) is 0 Å². The minimum absolute atomic E-state index is 0.138. The first-order valence-electron chi connectivity index (χ1n) is 5.58. The molecule has 0 aromatic heterocycles. The van der Waals surface area contributed by atoms with Gasteiger partial charge in [-0.3, -0.25) is 4.79 Å². The molecule has 0 saturated heterocycles. The van der Waals surface area contributed by atoms with Gasteiger partial charge in [0.2, 0.25) is 0 Å². The van der Waals surface area contributed by atoms with Crippen molar-refractivity contribution >= 4 is 15.7 Å². The molecule has 6 nitrogen and oxygen atoms in total. The van der Waals surface area contributed by atoms with Crippen LogP contribution in [0.5, 0.6) is 11.5 Å². The van der Waals surface area contributed by atoms with Crippen LogP contribution in [0.15, 0.2) is 18.2 Å². The van der Waals surface area contributed by atoms with Gasteiger partial charge in [0.05, 0.1) is 12.9 Å². The van der Waals surface area contributed by atoms with Crippen LogP contribution in [0.3, 0.4) is 0 Å². The maximum Gasteiger partial charge on any atom is 0.251 e. The normalized spacial score (nSPS) is 12.8. The lowest BCUT2D eigenvalue weighted by Gasteiger charge is -2.13. The Hall–Kier alpha value is -1.76. The Balaban J connectivity index is 2.76. The fraction of sp³-hybridized carbons (Fsp3) is 0.417. The number of phenolic OH excluding ortho intramolecular Hbond substituents is 1. The molecule has 0 fully saturated rings. The Bertz CT molecular complexity index is 567. The molecule has 0 heterocycles. The molecule has 1 unspecified atom stereocenters. The molecule has 0 aliphatic heterocycles. The molecule has 19 heavy (non-hydrogen) atoms. The lowest BCUT2D eigenvalue weighted by molar-refractivity contribution is 0.0943. The lowest BCUT2D eigenvalue weighted by Crippen LogP contribution is -2.37. The van der Waals surface area contributed by atoms with E-state index in [0.29, 0.717) is 0 Å². The molecule has 1 rings (SSSR count). The first kappa shape index (κ1) is 15.3. The van der Waals surface area contributed by atoms with Gasteiger partial charge in [-0.2, -0.15) is 0 Å². The van der Waals surface area contributed by atoms with Crippen molar-refractivity contribution in [3.63, 3.8) is 0 Å². The number of sulfone groups is 1. The standard InChI is InChI=1S/C12H17NO5S/c1-8(7-19(3,16)17)13-12(15)9-4-5-11(18-2)10(14)6-9/h4-6,8,14H,7H2,1-3H3,(H,13,15). The van der Waals surface area contributed by atoms with Crippen molar-refractivity contribution < 1.29 is 23.1 Å². The predicted octanol–water partition coefficient (Wildman–Crippen LogP) is 0.564. The van der Waals surface area contributed by atoms with E-state index >= 15 is 0 Å². The third kappa shape index (κ3) is 4.78. The molecule has 1 aromatic rings. The number of hydrogen-bond donors (Lipinski definition) is 2. The Morgan fingerprint density at radius 3 is 2.58 bits per heavy atom. The van der Waals surface area contributed by atoms with E-state index in [1.807, 2.05) is 0 Å². The number of nitrogens with one attached hydrogen (secondary N) is 1. The van der Waals surface area contributed by atoms with Gasteiger partial charge in [0.15, 0.2) is 11.5 Å². The van der Waals surface area contributed by atoms with E-state index in [1.165, 1.54) is 25.3 Å². The first-order valence-corrected chi connectivity index (χ1v) is 7.64. The van der Waals surface area contributed by atoms with Gasteiger partial charge in [-0.25, -0.2) is 8.42 Å². The maximum atomic E-state index is 11.8. The summed E-state index contributed by atoms with van der Waals surface area (Å²) in [6, 6.07) is 3.71. The van der Waals surface area contributed by atoms with Crippen molar-refractivity contribution in [3.05, 3.63) is 23.8 Å². The fourth-order valence-corrected chi connectivity index (χ4v) is 2.63. The third-order valence-electron chi connectivity index (χ3n) is 2.37. The number of amides is 1. The summed E-state index contributed by atoms with van der Waals surface area (Å²) in [5.41, 5.74) is 0.235. The molecule has 1 atom stereocenters. The van der Waals surface area contributed by atoms with E-state index in [4.69, 9.17) is 4.74 Å². The van der Waals surface area contributed by atoms with Gasteiger partial charge in [0, 0.05) is 17.9 Å². The lowest BCUT2D eigenvalue weighted by atomic mass is 10.2. The van der Waals surface area contributed by atoms with Gasteiger partial charge in [0.1, 0.15) is 9.84 Å². The molecule has 106 valence electrons. The van der Waals surface area contributed by atoms with Crippen molar-refractivity contribution in [2.24, 2.45) is 0 Å². The SMILES string of the molecule is COc1ccc(C(=O)NC(C)CS(C)(=O)=O)cc1O. The zero-order chi connectivity index (χ0) is 14.6. The Labute approximate surface area is 112 Å². The fourth-order valence-electron chi connectivity index (χ4n) is 1.63. The highest BCUT2D eigenvalue weighted by Crippen LogP contribution is 2.26. The van der Waals surface area contributed by atoms with Crippen LogP contribution >= 0.6 is 0 Å². The zero-order valence-electron chi connectivity index (χ0n) is 11.0. The number of hydrogen-bond acceptors (Lipinski definition) is 5. The van der Waals surface area contributed by atoms with Crippen molar-refractivity contribution in [2.75, 3.05) is 19.1 Å². The molecule has 0 saturated carbocycles. The predicted molar refractivity (Wildman–Crippen MR) is 71.3 cm³/mol. The number of ether oxygens (including phenoxy) is 1. The summed E-state index contributed by atoms with van der Waals surface area (Å²) in [4.78, 5) is 11.8. The molecule has 0 aliphatic rings. The second kappa shape index (κ2) is 5.92. The summed E-state index contributed by atoms with van der Waals surface area (Å²) in [5.74, 6) is -0.471. The zero-order valence-corrected chi connectivity index (χ0v) is 11.8. The Morgan fingerprint density at radius 1 is 1.47 bits per heavy atom.